The Morgan fingerprint density at radius 3 is 2.19 bits per heavy atom. The second-order valence-electron chi connectivity index (χ2n) is 4.64. The zero-order chi connectivity index (χ0) is 15.5. The van der Waals surface area contributed by atoms with Crippen LogP contribution in [0.4, 0.5) is 5.69 Å². The van der Waals surface area contributed by atoms with E-state index in [2.05, 4.69) is 0 Å². The van der Waals surface area contributed by atoms with Crippen LogP contribution in [-0.2, 0) is 16.6 Å². The number of nitrogen functional groups attached to an aromatic ring is 1. The second kappa shape index (κ2) is 5.95. The monoisotopic (exact) mass is 301 g/mol. The molecule has 0 fully saturated rings. The highest BCUT2D eigenvalue weighted by Crippen LogP contribution is 2.17. The van der Waals surface area contributed by atoms with Crippen molar-refractivity contribution < 1.29 is 8.42 Å². The number of benzene rings is 2. The number of nitrogens with zero attached hydrogens (tertiary/aromatic N) is 2. The normalized spacial score (nSPS) is 11.3. The molecule has 5 nitrogen and oxygen atoms in total. The van der Waals surface area contributed by atoms with Crippen molar-refractivity contribution in [3.63, 3.8) is 0 Å². The lowest BCUT2D eigenvalue weighted by molar-refractivity contribution is 0.467. The van der Waals surface area contributed by atoms with Crippen molar-refractivity contribution in [2.75, 3.05) is 12.8 Å². The van der Waals surface area contributed by atoms with E-state index in [-0.39, 0.29) is 11.4 Å². The topological polar surface area (TPSA) is 87.2 Å². The summed E-state index contributed by atoms with van der Waals surface area (Å²) >= 11 is 0. The van der Waals surface area contributed by atoms with Crippen LogP contribution in [0, 0.1) is 11.3 Å². The number of nitriles is 1. The van der Waals surface area contributed by atoms with Gasteiger partial charge in [0.05, 0.1) is 16.5 Å². The molecule has 2 rings (SSSR count). The molecule has 0 aliphatic heterocycles. The molecule has 2 N–H and O–H groups in total. The van der Waals surface area contributed by atoms with Gasteiger partial charge in [-0.25, -0.2) is 8.42 Å². The number of rotatable bonds is 4. The Kier molecular flexibility index (Phi) is 4.26. The lowest BCUT2D eigenvalue weighted by Crippen LogP contribution is -2.26. The predicted octanol–water partition coefficient (Wildman–Crippen LogP) is 1.96. The summed E-state index contributed by atoms with van der Waals surface area (Å²) in [6, 6.07) is 14.9. The first kappa shape index (κ1) is 15.0. The number of hydrogen-bond donors (Lipinski definition) is 1. The van der Waals surface area contributed by atoms with Crippen molar-refractivity contribution in [2.24, 2.45) is 0 Å². The molecule has 0 atom stereocenters. The second-order valence-corrected chi connectivity index (χ2v) is 6.68. The molecule has 0 aromatic heterocycles. The van der Waals surface area contributed by atoms with Gasteiger partial charge >= 0.3 is 0 Å². The maximum atomic E-state index is 12.4. The quantitative estimate of drug-likeness (QED) is 0.874. The van der Waals surface area contributed by atoms with Crippen LogP contribution >= 0.6 is 0 Å². The van der Waals surface area contributed by atoms with E-state index >= 15 is 0 Å². The van der Waals surface area contributed by atoms with E-state index in [1.165, 1.54) is 35.6 Å². The minimum absolute atomic E-state index is 0.166. The van der Waals surface area contributed by atoms with Crippen molar-refractivity contribution in [2.45, 2.75) is 11.4 Å². The van der Waals surface area contributed by atoms with E-state index < -0.39 is 10.0 Å². The summed E-state index contributed by atoms with van der Waals surface area (Å²) in [6.45, 7) is 0.253. The van der Waals surface area contributed by atoms with Crippen molar-refractivity contribution in [1.82, 2.24) is 4.31 Å². The Morgan fingerprint density at radius 1 is 1.10 bits per heavy atom. The SMILES string of the molecule is CN(Cc1ccc(N)cc1)S(=O)(=O)c1ccc(C#N)cc1. The van der Waals surface area contributed by atoms with Crippen LogP contribution in [-0.4, -0.2) is 19.8 Å². The highest BCUT2D eigenvalue weighted by atomic mass is 32.2. The van der Waals surface area contributed by atoms with Gasteiger partial charge in [-0.2, -0.15) is 9.57 Å². The molecule has 0 bridgehead atoms. The van der Waals surface area contributed by atoms with Gasteiger partial charge in [0.15, 0.2) is 0 Å². The summed E-state index contributed by atoms with van der Waals surface area (Å²) in [7, 11) is -2.06. The third-order valence-electron chi connectivity index (χ3n) is 3.08. The van der Waals surface area contributed by atoms with Gasteiger partial charge < -0.3 is 5.73 Å². The van der Waals surface area contributed by atoms with Crippen LogP contribution in [0.25, 0.3) is 0 Å². The van der Waals surface area contributed by atoms with E-state index in [9.17, 15) is 8.42 Å². The molecule has 0 aliphatic rings. The summed E-state index contributed by atoms with van der Waals surface area (Å²) in [4.78, 5) is 0.166. The molecule has 0 aliphatic carbocycles. The minimum Gasteiger partial charge on any atom is -0.399 e. The van der Waals surface area contributed by atoms with Crippen LogP contribution in [0.3, 0.4) is 0 Å². The van der Waals surface area contributed by atoms with E-state index in [0.717, 1.165) is 5.56 Å². The Hall–Kier alpha value is -2.36. The third-order valence-corrected chi connectivity index (χ3v) is 4.89. The van der Waals surface area contributed by atoms with Crippen molar-refractivity contribution in [3.8, 4) is 6.07 Å². The first-order valence-electron chi connectivity index (χ1n) is 6.24. The first-order valence-corrected chi connectivity index (χ1v) is 7.68. The van der Waals surface area contributed by atoms with Crippen LogP contribution in [0.2, 0.25) is 0 Å². The van der Waals surface area contributed by atoms with Crippen molar-refractivity contribution >= 4 is 15.7 Å². The van der Waals surface area contributed by atoms with Gasteiger partial charge in [-0.05, 0) is 42.0 Å². The fraction of sp³-hybridized carbons (Fsp3) is 0.133. The van der Waals surface area contributed by atoms with E-state index in [0.29, 0.717) is 11.3 Å². The molecule has 2 aromatic carbocycles. The van der Waals surface area contributed by atoms with Crippen molar-refractivity contribution in [3.05, 3.63) is 59.7 Å². The van der Waals surface area contributed by atoms with Crippen LogP contribution < -0.4 is 5.73 Å². The van der Waals surface area contributed by atoms with Gasteiger partial charge in [0.1, 0.15) is 0 Å². The van der Waals surface area contributed by atoms with Crippen LogP contribution in [0.1, 0.15) is 11.1 Å². The molecule has 6 heteroatoms. The van der Waals surface area contributed by atoms with Gasteiger partial charge in [0, 0.05) is 19.3 Å². The molecule has 0 radical (unpaired) electrons. The Bertz CT molecular complexity index is 760. The van der Waals surface area contributed by atoms with Gasteiger partial charge in [-0.15, -0.1) is 0 Å². The summed E-state index contributed by atoms with van der Waals surface area (Å²) in [5.41, 5.74) is 7.52. The predicted molar refractivity (Wildman–Crippen MR) is 80.7 cm³/mol. The highest BCUT2D eigenvalue weighted by molar-refractivity contribution is 7.89. The molecule has 0 unspecified atom stereocenters. The van der Waals surface area contributed by atoms with E-state index in [4.69, 9.17) is 11.0 Å². The zero-order valence-electron chi connectivity index (χ0n) is 11.5. The molecule has 2 aromatic rings. The fourth-order valence-electron chi connectivity index (χ4n) is 1.85. The Morgan fingerprint density at radius 2 is 1.67 bits per heavy atom. The Labute approximate surface area is 124 Å². The lowest BCUT2D eigenvalue weighted by Gasteiger charge is -2.17. The molecule has 0 saturated carbocycles. The summed E-state index contributed by atoms with van der Waals surface area (Å²) in [5.74, 6) is 0. The van der Waals surface area contributed by atoms with Crippen LogP contribution in [0.5, 0.6) is 0 Å². The largest absolute Gasteiger partial charge is 0.399 e. The molecular formula is C15H15N3O2S. The third kappa shape index (κ3) is 3.40. The number of sulfonamides is 1. The maximum Gasteiger partial charge on any atom is 0.243 e. The molecule has 0 spiro atoms. The van der Waals surface area contributed by atoms with E-state index in [1.807, 2.05) is 6.07 Å². The van der Waals surface area contributed by atoms with Crippen LogP contribution in [0.15, 0.2) is 53.4 Å². The average molecular weight is 301 g/mol. The molecule has 0 saturated heterocycles. The minimum atomic E-state index is -3.58. The fourth-order valence-corrected chi connectivity index (χ4v) is 3.01. The van der Waals surface area contributed by atoms with Gasteiger partial charge in [0.25, 0.3) is 0 Å². The van der Waals surface area contributed by atoms with Gasteiger partial charge in [-0.1, -0.05) is 12.1 Å². The average Bonchev–Trinajstić information content (AvgIpc) is 2.49. The van der Waals surface area contributed by atoms with Gasteiger partial charge in [0.2, 0.25) is 10.0 Å². The smallest absolute Gasteiger partial charge is 0.243 e. The molecular weight excluding hydrogens is 286 g/mol. The number of nitrogens with two attached hydrogens (primary N) is 1. The van der Waals surface area contributed by atoms with Crippen molar-refractivity contribution in [1.29, 1.82) is 5.26 Å². The van der Waals surface area contributed by atoms with Gasteiger partial charge in [-0.3, -0.25) is 0 Å². The number of hydrogen-bond acceptors (Lipinski definition) is 4. The molecule has 0 amide bonds. The maximum absolute atomic E-state index is 12.4. The zero-order valence-corrected chi connectivity index (χ0v) is 12.3. The van der Waals surface area contributed by atoms with E-state index in [1.54, 1.807) is 24.3 Å². The summed E-state index contributed by atoms with van der Waals surface area (Å²) < 4.78 is 26.1. The Balaban J connectivity index is 2.21. The number of anilines is 1. The molecule has 0 heterocycles. The molecule has 108 valence electrons. The molecule has 21 heavy (non-hydrogen) atoms. The standard InChI is InChI=1S/C15H15N3O2S/c1-18(11-13-2-6-14(17)7-3-13)21(19,20)15-8-4-12(10-16)5-9-15/h2-9H,11,17H2,1H3. The highest BCUT2D eigenvalue weighted by Gasteiger charge is 2.20. The summed E-state index contributed by atoms with van der Waals surface area (Å²) in [6.07, 6.45) is 0. The summed E-state index contributed by atoms with van der Waals surface area (Å²) in [5, 5.41) is 8.74. The first-order chi connectivity index (χ1) is 9.93. The lowest BCUT2D eigenvalue weighted by atomic mass is 10.2.